The van der Waals surface area contributed by atoms with Crippen molar-refractivity contribution >= 4 is 11.3 Å². The molecular weight excluding hydrogens is 474 g/mol. The van der Waals surface area contributed by atoms with Crippen molar-refractivity contribution in [3.63, 3.8) is 0 Å². The summed E-state index contributed by atoms with van der Waals surface area (Å²) in [5.41, 5.74) is 2.20. The summed E-state index contributed by atoms with van der Waals surface area (Å²) in [6, 6.07) is 0. The number of ether oxygens (including phenoxy) is 2. The molecule has 2 unspecified atom stereocenters. The summed E-state index contributed by atoms with van der Waals surface area (Å²) in [6.45, 7) is 6.17. The Morgan fingerprint density at radius 2 is 1.30 bits per heavy atom. The zero-order valence-corrected chi connectivity index (χ0v) is 25.5. The summed E-state index contributed by atoms with van der Waals surface area (Å²) < 4.78 is 14.3. The molecule has 0 saturated carbocycles. The molecule has 1 aromatic rings. The van der Waals surface area contributed by atoms with Gasteiger partial charge in [-0.1, -0.05) is 134 Å². The van der Waals surface area contributed by atoms with E-state index in [1.165, 1.54) is 154 Å². The lowest BCUT2D eigenvalue weighted by molar-refractivity contribution is -0.692. The molecule has 1 saturated heterocycles. The third-order valence-electron chi connectivity index (χ3n) is 8.17. The lowest BCUT2D eigenvalue weighted by atomic mass is 9.97. The Kier molecular flexibility index (Phi) is 21.8. The largest absolute Gasteiger partial charge is 0.379 e. The van der Waals surface area contributed by atoms with E-state index in [4.69, 9.17) is 9.47 Å². The Labute approximate surface area is 235 Å². The second kappa shape index (κ2) is 24.6. The molecule has 2 atom stereocenters. The van der Waals surface area contributed by atoms with Crippen LogP contribution in [0, 0.1) is 5.92 Å². The normalized spacial score (nSPS) is 17.6. The van der Waals surface area contributed by atoms with E-state index in [-0.39, 0.29) is 0 Å². The standard InChI is InChI=1S/C33H62NO2S/c1-2-3-4-5-6-7-8-9-10-11-12-13-14-17-20-23-32-28-33(36-29-32)30-35-26-22-19-16-15-18-21-24-34-25-27-37-31-34/h25,27,31-33H,2-24,26,28-30H2,1H3/q+1. The van der Waals surface area contributed by atoms with E-state index in [0.29, 0.717) is 6.10 Å². The van der Waals surface area contributed by atoms with Gasteiger partial charge in [-0.25, -0.2) is 0 Å². The second-order valence-electron chi connectivity index (χ2n) is 11.8. The number of hydrogen-bond donors (Lipinski definition) is 0. The van der Waals surface area contributed by atoms with Crippen molar-refractivity contribution in [1.82, 2.24) is 0 Å². The molecule has 0 spiro atoms. The smallest absolute Gasteiger partial charge is 0.224 e. The van der Waals surface area contributed by atoms with Gasteiger partial charge in [0, 0.05) is 19.6 Å². The SMILES string of the molecule is CCCCCCCCCCCCCCCCCC1COC(COCCCCCCCC[n+]2ccsc2)C1. The van der Waals surface area contributed by atoms with Crippen molar-refractivity contribution in [3.8, 4) is 0 Å². The number of rotatable bonds is 27. The first-order chi connectivity index (χ1) is 18.4. The number of thiazole rings is 1. The molecule has 2 heterocycles. The van der Waals surface area contributed by atoms with Crippen molar-refractivity contribution in [2.45, 2.75) is 167 Å². The van der Waals surface area contributed by atoms with E-state index in [2.05, 4.69) is 28.6 Å². The number of unbranched alkanes of at least 4 members (excludes halogenated alkanes) is 19. The van der Waals surface area contributed by atoms with Gasteiger partial charge in [0.2, 0.25) is 5.51 Å². The van der Waals surface area contributed by atoms with E-state index in [1.807, 2.05) is 0 Å². The second-order valence-corrected chi connectivity index (χ2v) is 12.5. The van der Waals surface area contributed by atoms with Crippen molar-refractivity contribution in [3.05, 3.63) is 17.1 Å². The van der Waals surface area contributed by atoms with Gasteiger partial charge >= 0.3 is 0 Å². The fraction of sp³-hybridized carbons (Fsp3) is 0.909. The molecule has 0 amide bonds. The maximum atomic E-state index is 6.02. The Morgan fingerprint density at radius 1 is 0.730 bits per heavy atom. The highest BCUT2D eigenvalue weighted by Crippen LogP contribution is 2.25. The van der Waals surface area contributed by atoms with Gasteiger partial charge in [0.25, 0.3) is 0 Å². The minimum atomic E-state index is 0.357. The first kappa shape index (κ1) is 32.8. The van der Waals surface area contributed by atoms with Gasteiger partial charge < -0.3 is 9.47 Å². The molecule has 0 N–H and O–H groups in total. The predicted molar refractivity (Wildman–Crippen MR) is 160 cm³/mol. The molecule has 1 aliphatic rings. The van der Waals surface area contributed by atoms with Crippen LogP contribution in [0.1, 0.15) is 155 Å². The molecule has 0 radical (unpaired) electrons. The fourth-order valence-electron chi connectivity index (χ4n) is 5.71. The lowest BCUT2D eigenvalue weighted by Gasteiger charge is -2.10. The summed E-state index contributed by atoms with van der Waals surface area (Å²) in [5, 5.41) is 2.15. The van der Waals surface area contributed by atoms with Crippen LogP contribution in [0.25, 0.3) is 0 Å². The van der Waals surface area contributed by atoms with E-state index in [1.54, 1.807) is 11.3 Å². The predicted octanol–water partition coefficient (Wildman–Crippen LogP) is 10.1. The van der Waals surface area contributed by atoms with Crippen LogP contribution in [-0.2, 0) is 16.0 Å². The Hall–Kier alpha value is -0.450. The average molecular weight is 537 g/mol. The molecule has 2 rings (SSSR count). The van der Waals surface area contributed by atoms with Crippen LogP contribution in [0.5, 0.6) is 0 Å². The van der Waals surface area contributed by atoms with Crippen LogP contribution in [0.2, 0.25) is 0 Å². The Morgan fingerprint density at radius 3 is 1.89 bits per heavy atom. The van der Waals surface area contributed by atoms with Crippen LogP contribution in [-0.4, -0.2) is 25.9 Å². The molecule has 1 aliphatic heterocycles. The van der Waals surface area contributed by atoms with Gasteiger partial charge in [0.15, 0.2) is 6.20 Å². The summed E-state index contributed by atoms with van der Waals surface area (Å²) in [6.07, 6.45) is 34.7. The maximum Gasteiger partial charge on any atom is 0.224 e. The Bertz CT molecular complexity index is 579. The Balaban J connectivity index is 1.24. The summed E-state index contributed by atoms with van der Waals surface area (Å²) in [7, 11) is 0. The highest BCUT2D eigenvalue weighted by atomic mass is 32.1. The monoisotopic (exact) mass is 536 g/mol. The van der Waals surface area contributed by atoms with Gasteiger partial charge in [0.1, 0.15) is 6.54 Å². The summed E-state index contributed by atoms with van der Waals surface area (Å²) in [4.78, 5) is 0. The van der Waals surface area contributed by atoms with Crippen LogP contribution in [0.3, 0.4) is 0 Å². The first-order valence-electron chi connectivity index (χ1n) is 16.5. The van der Waals surface area contributed by atoms with Crippen LogP contribution >= 0.6 is 11.3 Å². The van der Waals surface area contributed by atoms with Gasteiger partial charge in [0.05, 0.1) is 18.1 Å². The minimum Gasteiger partial charge on any atom is -0.379 e. The molecule has 0 aliphatic carbocycles. The number of aryl methyl sites for hydroxylation is 1. The van der Waals surface area contributed by atoms with Crippen molar-refractivity contribution in [1.29, 1.82) is 0 Å². The van der Waals surface area contributed by atoms with E-state index in [0.717, 1.165) is 25.7 Å². The molecule has 216 valence electrons. The molecule has 0 aromatic carbocycles. The highest BCUT2D eigenvalue weighted by Gasteiger charge is 2.24. The van der Waals surface area contributed by atoms with Crippen LogP contribution < -0.4 is 4.57 Å². The van der Waals surface area contributed by atoms with E-state index >= 15 is 0 Å². The van der Waals surface area contributed by atoms with Crippen LogP contribution in [0.15, 0.2) is 17.1 Å². The summed E-state index contributed by atoms with van der Waals surface area (Å²) in [5.74, 6) is 0.780. The lowest BCUT2D eigenvalue weighted by Crippen LogP contribution is -2.29. The molecular formula is C33H62NO2S+. The van der Waals surface area contributed by atoms with Gasteiger partial charge in [-0.15, -0.1) is 0 Å². The number of nitrogens with zero attached hydrogens (tertiary/aromatic N) is 1. The zero-order chi connectivity index (χ0) is 26.1. The first-order valence-corrected chi connectivity index (χ1v) is 17.4. The third-order valence-corrected chi connectivity index (χ3v) is 8.84. The molecule has 1 fully saturated rings. The molecule has 0 bridgehead atoms. The third kappa shape index (κ3) is 19.3. The molecule has 3 nitrogen and oxygen atoms in total. The highest BCUT2D eigenvalue weighted by molar-refractivity contribution is 7.07. The molecule has 37 heavy (non-hydrogen) atoms. The van der Waals surface area contributed by atoms with Crippen molar-refractivity contribution in [2.75, 3.05) is 19.8 Å². The average Bonchev–Trinajstić information content (AvgIpc) is 3.60. The van der Waals surface area contributed by atoms with E-state index in [9.17, 15) is 0 Å². The van der Waals surface area contributed by atoms with Crippen molar-refractivity contribution < 1.29 is 14.0 Å². The van der Waals surface area contributed by atoms with E-state index < -0.39 is 0 Å². The topological polar surface area (TPSA) is 22.3 Å². The minimum absolute atomic E-state index is 0.357. The summed E-state index contributed by atoms with van der Waals surface area (Å²) >= 11 is 1.78. The number of aromatic nitrogens is 1. The zero-order valence-electron chi connectivity index (χ0n) is 24.7. The fourth-order valence-corrected chi connectivity index (χ4v) is 6.34. The maximum absolute atomic E-state index is 6.02. The molecule has 4 heteroatoms. The van der Waals surface area contributed by atoms with Gasteiger partial charge in [-0.2, -0.15) is 4.57 Å². The van der Waals surface area contributed by atoms with Gasteiger partial charge in [-0.3, -0.25) is 0 Å². The van der Waals surface area contributed by atoms with Crippen molar-refractivity contribution in [2.24, 2.45) is 5.92 Å². The van der Waals surface area contributed by atoms with Crippen LogP contribution in [0.4, 0.5) is 0 Å². The number of hydrogen-bond acceptors (Lipinski definition) is 3. The van der Waals surface area contributed by atoms with Gasteiger partial charge in [-0.05, 0) is 31.6 Å². The molecule has 1 aromatic heterocycles. The quantitative estimate of drug-likeness (QED) is 0.0824.